The van der Waals surface area contributed by atoms with Crippen molar-refractivity contribution in [3.05, 3.63) is 90.3 Å². The maximum Gasteiger partial charge on any atom is 0.255 e. The van der Waals surface area contributed by atoms with Crippen LogP contribution in [0.5, 0.6) is 5.75 Å². The van der Waals surface area contributed by atoms with Crippen molar-refractivity contribution >= 4 is 33.5 Å². The number of aromatic nitrogens is 4. The van der Waals surface area contributed by atoms with E-state index < -0.39 is 6.10 Å². The van der Waals surface area contributed by atoms with Gasteiger partial charge < -0.3 is 20.9 Å². The zero-order valence-electron chi connectivity index (χ0n) is 20.7. The summed E-state index contributed by atoms with van der Waals surface area (Å²) >= 11 is 0. The van der Waals surface area contributed by atoms with Crippen molar-refractivity contribution in [3.8, 4) is 17.0 Å². The van der Waals surface area contributed by atoms with E-state index in [0.29, 0.717) is 46.8 Å². The molecular weight excluding hydrogens is 480 g/mol. The SMILES string of the molecule is COc1cc2ccccc2cc1C(=O)NCc1ccc(-c2nn(C3C=CC(O)C3)c3ncnc(N)c23)cc1. The number of hydrogen-bond donors (Lipinski definition) is 3. The molecule has 4 N–H and O–H groups in total. The van der Waals surface area contributed by atoms with Gasteiger partial charge >= 0.3 is 0 Å². The fourth-order valence-electron chi connectivity index (χ4n) is 4.89. The summed E-state index contributed by atoms with van der Waals surface area (Å²) in [7, 11) is 1.56. The van der Waals surface area contributed by atoms with Crippen molar-refractivity contribution in [2.45, 2.75) is 25.1 Å². The average Bonchev–Trinajstić information content (AvgIpc) is 3.55. The van der Waals surface area contributed by atoms with Crippen LogP contribution in [0.25, 0.3) is 33.1 Å². The lowest BCUT2D eigenvalue weighted by atomic mass is 10.0. The van der Waals surface area contributed by atoms with Gasteiger partial charge in [-0.1, -0.05) is 60.7 Å². The van der Waals surface area contributed by atoms with Crippen molar-refractivity contribution in [1.82, 2.24) is 25.1 Å². The highest BCUT2D eigenvalue weighted by atomic mass is 16.5. The Morgan fingerprint density at radius 1 is 1.11 bits per heavy atom. The molecular formula is C29H26N6O3. The van der Waals surface area contributed by atoms with E-state index in [-0.39, 0.29) is 11.9 Å². The largest absolute Gasteiger partial charge is 0.496 e. The molecule has 9 heteroatoms. The number of carbonyl (C=O) groups is 1. The number of ether oxygens (including phenoxy) is 1. The molecule has 2 unspecified atom stereocenters. The minimum Gasteiger partial charge on any atom is -0.496 e. The highest BCUT2D eigenvalue weighted by Crippen LogP contribution is 2.34. The maximum atomic E-state index is 13.0. The lowest BCUT2D eigenvalue weighted by Gasteiger charge is -2.11. The van der Waals surface area contributed by atoms with Crippen LogP contribution in [0.3, 0.4) is 0 Å². The topological polar surface area (TPSA) is 128 Å². The molecule has 0 aliphatic heterocycles. The molecule has 0 saturated carbocycles. The Hall–Kier alpha value is -4.76. The third-order valence-electron chi connectivity index (χ3n) is 6.86. The number of anilines is 1. The Kier molecular flexibility index (Phi) is 5.97. The predicted octanol–water partition coefficient (Wildman–Crippen LogP) is 4.03. The van der Waals surface area contributed by atoms with E-state index in [1.165, 1.54) is 6.33 Å². The summed E-state index contributed by atoms with van der Waals surface area (Å²) in [6, 6.07) is 19.2. The molecule has 6 rings (SSSR count). The minimum atomic E-state index is -0.508. The number of aliphatic hydroxyl groups excluding tert-OH is 1. The molecule has 0 saturated heterocycles. The Morgan fingerprint density at radius 2 is 1.87 bits per heavy atom. The average molecular weight is 507 g/mol. The molecule has 5 aromatic rings. The van der Waals surface area contributed by atoms with Gasteiger partial charge in [0.2, 0.25) is 0 Å². The number of hydrogen-bond acceptors (Lipinski definition) is 7. The lowest BCUT2D eigenvalue weighted by molar-refractivity contribution is 0.0948. The molecule has 0 radical (unpaired) electrons. The molecule has 2 atom stereocenters. The zero-order valence-corrected chi connectivity index (χ0v) is 20.7. The van der Waals surface area contributed by atoms with Crippen LogP contribution in [-0.4, -0.2) is 44.0 Å². The standard InChI is InChI=1S/C29H26N6O3/c1-38-24-13-20-5-3-2-4-19(20)12-23(24)29(37)31-15-17-6-8-18(9-7-17)26-25-27(30)32-16-33-28(25)35(34-26)21-10-11-22(36)14-21/h2-13,16,21-22,36H,14-15H2,1H3,(H,31,37)(H2,30,32,33). The molecule has 0 bridgehead atoms. The molecule has 1 aliphatic carbocycles. The van der Waals surface area contributed by atoms with Gasteiger partial charge in [-0.3, -0.25) is 4.79 Å². The predicted molar refractivity (Wildman–Crippen MR) is 146 cm³/mol. The van der Waals surface area contributed by atoms with Crippen molar-refractivity contribution in [2.24, 2.45) is 0 Å². The fourth-order valence-corrected chi connectivity index (χ4v) is 4.89. The Balaban J connectivity index is 1.24. The first kappa shape index (κ1) is 23.6. The first-order valence-electron chi connectivity index (χ1n) is 12.3. The van der Waals surface area contributed by atoms with Gasteiger partial charge in [-0.15, -0.1) is 0 Å². The summed E-state index contributed by atoms with van der Waals surface area (Å²) < 4.78 is 7.26. The number of aliphatic hydroxyl groups is 1. The van der Waals surface area contributed by atoms with Crippen LogP contribution in [-0.2, 0) is 6.54 Å². The molecule has 1 aliphatic rings. The van der Waals surface area contributed by atoms with E-state index in [9.17, 15) is 9.90 Å². The molecule has 0 fully saturated rings. The van der Waals surface area contributed by atoms with Crippen LogP contribution in [0.4, 0.5) is 5.82 Å². The van der Waals surface area contributed by atoms with Gasteiger partial charge in [0.25, 0.3) is 5.91 Å². The third kappa shape index (κ3) is 4.22. The van der Waals surface area contributed by atoms with Crippen LogP contribution >= 0.6 is 0 Å². The minimum absolute atomic E-state index is 0.114. The monoisotopic (exact) mass is 506 g/mol. The smallest absolute Gasteiger partial charge is 0.255 e. The molecule has 190 valence electrons. The van der Waals surface area contributed by atoms with Gasteiger partial charge in [0, 0.05) is 18.5 Å². The maximum absolute atomic E-state index is 13.0. The summed E-state index contributed by atoms with van der Waals surface area (Å²) in [5.74, 6) is 0.668. The van der Waals surface area contributed by atoms with Crippen molar-refractivity contribution in [3.63, 3.8) is 0 Å². The number of nitrogen functional groups attached to an aromatic ring is 1. The number of nitrogens with zero attached hydrogens (tertiary/aromatic N) is 4. The van der Waals surface area contributed by atoms with Crippen molar-refractivity contribution < 1.29 is 14.6 Å². The van der Waals surface area contributed by atoms with E-state index in [0.717, 1.165) is 21.9 Å². The van der Waals surface area contributed by atoms with Crippen LogP contribution in [0, 0.1) is 0 Å². The van der Waals surface area contributed by atoms with Crippen molar-refractivity contribution in [1.29, 1.82) is 0 Å². The van der Waals surface area contributed by atoms with Gasteiger partial charge in [-0.25, -0.2) is 14.6 Å². The number of rotatable bonds is 6. The summed E-state index contributed by atoms with van der Waals surface area (Å²) in [5.41, 5.74) is 9.79. The number of carbonyl (C=O) groups excluding carboxylic acids is 1. The summed E-state index contributed by atoms with van der Waals surface area (Å²) in [4.78, 5) is 21.6. The van der Waals surface area contributed by atoms with E-state index in [2.05, 4.69) is 15.3 Å². The highest BCUT2D eigenvalue weighted by Gasteiger charge is 2.25. The molecule has 0 spiro atoms. The number of methoxy groups -OCH3 is 1. The Bertz CT molecular complexity index is 1690. The summed E-state index contributed by atoms with van der Waals surface area (Å²) in [6.45, 7) is 0.348. The van der Waals surface area contributed by atoms with Crippen LogP contribution in [0.15, 0.2) is 79.1 Å². The van der Waals surface area contributed by atoms with Gasteiger partial charge in [0.1, 0.15) is 23.6 Å². The molecule has 2 heterocycles. The Morgan fingerprint density at radius 3 is 2.58 bits per heavy atom. The number of benzene rings is 3. The Labute approximate surface area is 218 Å². The first-order valence-corrected chi connectivity index (χ1v) is 12.3. The summed E-state index contributed by atoms with van der Waals surface area (Å²) in [5, 5.41) is 20.4. The zero-order chi connectivity index (χ0) is 26.2. The van der Waals surface area contributed by atoms with E-state index in [4.69, 9.17) is 15.6 Å². The second kappa shape index (κ2) is 9.60. The number of nitrogens with two attached hydrogens (primary N) is 1. The van der Waals surface area contributed by atoms with Crippen LogP contribution in [0.2, 0.25) is 0 Å². The lowest BCUT2D eigenvalue weighted by Crippen LogP contribution is -2.23. The number of fused-ring (bicyclic) bond motifs is 2. The molecule has 2 aromatic heterocycles. The number of nitrogens with one attached hydrogen (secondary N) is 1. The van der Waals surface area contributed by atoms with E-state index in [1.54, 1.807) is 17.9 Å². The van der Waals surface area contributed by atoms with E-state index >= 15 is 0 Å². The van der Waals surface area contributed by atoms with E-state index in [1.807, 2.05) is 66.7 Å². The van der Waals surface area contributed by atoms with Crippen LogP contribution < -0.4 is 15.8 Å². The van der Waals surface area contributed by atoms with Gasteiger partial charge in [0.05, 0.1) is 30.2 Å². The van der Waals surface area contributed by atoms with Crippen molar-refractivity contribution in [2.75, 3.05) is 12.8 Å². The molecule has 38 heavy (non-hydrogen) atoms. The van der Waals surface area contributed by atoms with Gasteiger partial charge in [-0.2, -0.15) is 5.10 Å². The number of allylic oxidation sites excluding steroid dienone is 1. The molecule has 3 aromatic carbocycles. The normalized spacial score (nSPS) is 16.8. The second-order valence-electron chi connectivity index (χ2n) is 9.29. The molecule has 9 nitrogen and oxygen atoms in total. The highest BCUT2D eigenvalue weighted by molar-refractivity contribution is 6.01. The third-order valence-corrected chi connectivity index (χ3v) is 6.86. The van der Waals surface area contributed by atoms with Gasteiger partial charge in [0.15, 0.2) is 5.65 Å². The summed E-state index contributed by atoms with van der Waals surface area (Å²) in [6.07, 6.45) is 5.13. The van der Waals surface area contributed by atoms with Gasteiger partial charge in [-0.05, 0) is 28.5 Å². The second-order valence-corrected chi connectivity index (χ2v) is 9.29. The first-order chi connectivity index (χ1) is 18.5. The number of amides is 1. The van der Waals surface area contributed by atoms with Crippen LogP contribution in [0.1, 0.15) is 28.4 Å². The fraction of sp³-hybridized carbons (Fsp3) is 0.172. The quantitative estimate of drug-likeness (QED) is 0.297. The molecule has 1 amide bonds.